The van der Waals surface area contributed by atoms with Gasteiger partial charge in [-0.25, -0.2) is 8.93 Å². The van der Waals surface area contributed by atoms with Crippen molar-refractivity contribution in [1.29, 1.82) is 0 Å². The van der Waals surface area contributed by atoms with Crippen molar-refractivity contribution in [3.63, 3.8) is 0 Å². The van der Waals surface area contributed by atoms with Crippen LogP contribution in [0.25, 0.3) is 10.8 Å². The zero-order valence-electron chi connectivity index (χ0n) is 11.5. The van der Waals surface area contributed by atoms with Gasteiger partial charge in [-0.05, 0) is 54.8 Å². The van der Waals surface area contributed by atoms with Crippen molar-refractivity contribution in [2.45, 2.75) is 17.7 Å². The molecule has 0 aromatic heterocycles. The first-order chi connectivity index (χ1) is 9.83. The Balaban J connectivity index is 1.65. The Morgan fingerprint density at radius 3 is 2.65 bits per heavy atom. The predicted octanol–water partition coefficient (Wildman–Crippen LogP) is 2.45. The molecule has 1 unspecified atom stereocenters. The van der Waals surface area contributed by atoms with E-state index < -0.39 is 11.0 Å². The predicted molar refractivity (Wildman–Crippen MR) is 84.0 cm³/mol. The van der Waals surface area contributed by atoms with Crippen LogP contribution in [0.5, 0.6) is 0 Å². The summed E-state index contributed by atoms with van der Waals surface area (Å²) in [6, 6.07) is 14.2. The quantitative estimate of drug-likeness (QED) is 0.907. The number of hydrogen-bond donors (Lipinski definition) is 2. The van der Waals surface area contributed by atoms with Gasteiger partial charge in [0.15, 0.2) is 0 Å². The van der Waals surface area contributed by atoms with Crippen LogP contribution >= 0.6 is 0 Å². The van der Waals surface area contributed by atoms with Crippen molar-refractivity contribution in [2.75, 3.05) is 19.6 Å². The summed E-state index contributed by atoms with van der Waals surface area (Å²) in [7, 11) is -1.11. The molecule has 1 aliphatic heterocycles. The Hall–Kier alpha value is -1.23. The Bertz CT molecular complexity index is 608. The maximum atomic E-state index is 12.3. The fourth-order valence-corrected chi connectivity index (χ4v) is 3.62. The molecule has 20 heavy (non-hydrogen) atoms. The largest absolute Gasteiger partial charge is 0.317 e. The molecule has 3 nitrogen and oxygen atoms in total. The molecule has 0 aliphatic carbocycles. The lowest BCUT2D eigenvalue weighted by atomic mass is 9.99. The molecule has 1 atom stereocenters. The molecule has 2 N–H and O–H groups in total. The summed E-state index contributed by atoms with van der Waals surface area (Å²) in [6.07, 6.45) is 2.34. The van der Waals surface area contributed by atoms with E-state index in [9.17, 15) is 4.21 Å². The highest BCUT2D eigenvalue weighted by atomic mass is 32.2. The average molecular weight is 288 g/mol. The van der Waals surface area contributed by atoms with Gasteiger partial charge in [0.2, 0.25) is 0 Å². The maximum absolute atomic E-state index is 12.3. The standard InChI is InChI=1S/C16H20N2OS/c19-20(18-12-13-7-9-17-10-8-13)16-6-5-14-3-1-2-4-15(14)11-16/h1-6,11,13,17-18H,7-10,12H2. The van der Waals surface area contributed by atoms with E-state index in [1.165, 1.54) is 18.2 Å². The Morgan fingerprint density at radius 2 is 1.85 bits per heavy atom. The van der Waals surface area contributed by atoms with E-state index in [-0.39, 0.29) is 0 Å². The molecule has 1 heterocycles. The van der Waals surface area contributed by atoms with Crippen LogP contribution in [0.1, 0.15) is 12.8 Å². The van der Waals surface area contributed by atoms with Crippen LogP contribution in [-0.2, 0) is 11.0 Å². The maximum Gasteiger partial charge on any atom is 0.124 e. The van der Waals surface area contributed by atoms with E-state index in [1.807, 2.05) is 30.3 Å². The van der Waals surface area contributed by atoms with Gasteiger partial charge in [0, 0.05) is 6.54 Å². The SMILES string of the molecule is O=S(NCC1CCNCC1)c1ccc2ccccc2c1. The molecule has 0 spiro atoms. The van der Waals surface area contributed by atoms with E-state index in [1.54, 1.807) is 0 Å². The first kappa shape index (κ1) is 13.7. The number of piperidine rings is 1. The number of nitrogens with one attached hydrogen (secondary N) is 2. The lowest BCUT2D eigenvalue weighted by Crippen LogP contribution is -2.34. The monoisotopic (exact) mass is 288 g/mol. The van der Waals surface area contributed by atoms with Crippen LogP contribution in [0.2, 0.25) is 0 Å². The zero-order valence-corrected chi connectivity index (χ0v) is 12.3. The smallest absolute Gasteiger partial charge is 0.124 e. The summed E-state index contributed by atoms with van der Waals surface area (Å²) in [5.74, 6) is 0.639. The Kier molecular flexibility index (Phi) is 4.45. The molecule has 1 fully saturated rings. The van der Waals surface area contributed by atoms with Crippen molar-refractivity contribution >= 4 is 21.8 Å². The van der Waals surface area contributed by atoms with Crippen LogP contribution < -0.4 is 10.0 Å². The van der Waals surface area contributed by atoms with Gasteiger partial charge in [0.1, 0.15) is 11.0 Å². The van der Waals surface area contributed by atoms with Gasteiger partial charge in [0.25, 0.3) is 0 Å². The molecule has 3 rings (SSSR count). The van der Waals surface area contributed by atoms with E-state index in [0.717, 1.165) is 29.9 Å². The first-order valence-corrected chi connectivity index (χ1v) is 8.33. The van der Waals surface area contributed by atoms with Crippen LogP contribution in [0.4, 0.5) is 0 Å². The fraction of sp³-hybridized carbons (Fsp3) is 0.375. The summed E-state index contributed by atoms with van der Waals surface area (Å²) < 4.78 is 15.5. The van der Waals surface area contributed by atoms with Gasteiger partial charge in [0.05, 0.1) is 4.90 Å². The molecular weight excluding hydrogens is 268 g/mol. The molecule has 2 aromatic carbocycles. The van der Waals surface area contributed by atoms with E-state index in [2.05, 4.69) is 22.2 Å². The van der Waals surface area contributed by atoms with Crippen molar-refractivity contribution in [3.05, 3.63) is 42.5 Å². The molecule has 0 bridgehead atoms. The molecule has 1 saturated heterocycles. The number of benzene rings is 2. The van der Waals surface area contributed by atoms with E-state index in [4.69, 9.17) is 0 Å². The van der Waals surface area contributed by atoms with Gasteiger partial charge in [-0.3, -0.25) is 0 Å². The van der Waals surface area contributed by atoms with Gasteiger partial charge in [-0.15, -0.1) is 0 Å². The molecule has 0 amide bonds. The van der Waals surface area contributed by atoms with Gasteiger partial charge >= 0.3 is 0 Å². The lowest BCUT2D eigenvalue weighted by Gasteiger charge is -2.22. The average Bonchev–Trinajstić information content (AvgIpc) is 2.53. The summed E-state index contributed by atoms with van der Waals surface area (Å²) in [5.41, 5.74) is 0. The molecule has 4 heteroatoms. The van der Waals surface area contributed by atoms with Crippen molar-refractivity contribution in [3.8, 4) is 0 Å². The lowest BCUT2D eigenvalue weighted by molar-refractivity contribution is 0.374. The fourth-order valence-electron chi connectivity index (χ4n) is 2.65. The number of hydrogen-bond acceptors (Lipinski definition) is 2. The molecule has 0 radical (unpaired) electrons. The van der Waals surface area contributed by atoms with Gasteiger partial charge < -0.3 is 5.32 Å². The van der Waals surface area contributed by atoms with Crippen molar-refractivity contribution in [2.24, 2.45) is 5.92 Å². The van der Waals surface area contributed by atoms with Gasteiger partial charge in [-0.1, -0.05) is 30.3 Å². The Labute approximate surface area is 122 Å². The van der Waals surface area contributed by atoms with E-state index in [0.29, 0.717) is 5.92 Å². The molecule has 1 aliphatic rings. The third-order valence-corrected chi connectivity index (χ3v) is 5.01. The van der Waals surface area contributed by atoms with Crippen LogP contribution in [-0.4, -0.2) is 23.8 Å². The second-order valence-corrected chi connectivity index (χ2v) is 6.62. The highest BCUT2D eigenvalue weighted by molar-refractivity contribution is 7.83. The molecule has 2 aromatic rings. The number of rotatable bonds is 4. The second-order valence-electron chi connectivity index (χ2n) is 5.32. The first-order valence-electron chi connectivity index (χ1n) is 7.18. The van der Waals surface area contributed by atoms with Gasteiger partial charge in [-0.2, -0.15) is 0 Å². The molecule has 0 saturated carbocycles. The molecule has 106 valence electrons. The van der Waals surface area contributed by atoms with Crippen molar-refractivity contribution < 1.29 is 4.21 Å². The van der Waals surface area contributed by atoms with Crippen LogP contribution in [0.3, 0.4) is 0 Å². The third-order valence-electron chi connectivity index (χ3n) is 3.90. The topological polar surface area (TPSA) is 41.1 Å². The summed E-state index contributed by atoms with van der Waals surface area (Å²) in [6.45, 7) is 2.99. The summed E-state index contributed by atoms with van der Waals surface area (Å²) in [4.78, 5) is 0.859. The van der Waals surface area contributed by atoms with Crippen LogP contribution in [0, 0.1) is 5.92 Å². The Morgan fingerprint density at radius 1 is 1.10 bits per heavy atom. The highest BCUT2D eigenvalue weighted by Crippen LogP contribution is 2.18. The highest BCUT2D eigenvalue weighted by Gasteiger charge is 2.14. The minimum Gasteiger partial charge on any atom is -0.317 e. The minimum absolute atomic E-state index is 0.639. The van der Waals surface area contributed by atoms with Crippen molar-refractivity contribution in [1.82, 2.24) is 10.0 Å². The van der Waals surface area contributed by atoms with Crippen LogP contribution in [0.15, 0.2) is 47.4 Å². The summed E-state index contributed by atoms with van der Waals surface area (Å²) in [5, 5.41) is 5.68. The molecular formula is C16H20N2OS. The summed E-state index contributed by atoms with van der Waals surface area (Å²) >= 11 is 0. The number of fused-ring (bicyclic) bond motifs is 1. The second kappa shape index (κ2) is 6.48. The normalized spacial score (nSPS) is 18.2. The zero-order chi connectivity index (χ0) is 13.8. The third kappa shape index (κ3) is 3.26. The van der Waals surface area contributed by atoms with E-state index >= 15 is 0 Å². The minimum atomic E-state index is -1.11.